The van der Waals surface area contributed by atoms with Gasteiger partial charge in [0.15, 0.2) is 0 Å². The van der Waals surface area contributed by atoms with Gasteiger partial charge in [0.2, 0.25) is 0 Å². The highest BCUT2D eigenvalue weighted by molar-refractivity contribution is 5.96. The Bertz CT molecular complexity index is 504. The number of rotatable bonds is 2. The van der Waals surface area contributed by atoms with Gasteiger partial charge in [-0.15, -0.1) is 0 Å². The number of nitrogen functional groups attached to an aromatic ring is 1. The summed E-state index contributed by atoms with van der Waals surface area (Å²) in [5.74, 6) is -0.338. The lowest BCUT2D eigenvalue weighted by Crippen LogP contribution is -2.04. The molecule has 0 aliphatic heterocycles. The van der Waals surface area contributed by atoms with Crippen LogP contribution >= 0.6 is 0 Å². The number of aromatic amines is 1. The highest BCUT2D eigenvalue weighted by Gasteiger charge is 2.10. The summed E-state index contributed by atoms with van der Waals surface area (Å²) in [6.07, 6.45) is 0. The number of carbonyl (C=O) groups is 1. The van der Waals surface area contributed by atoms with E-state index in [9.17, 15) is 4.79 Å². The molecular weight excluding hydrogens is 204 g/mol. The first-order chi connectivity index (χ1) is 7.61. The number of hydrogen-bond donors (Lipinski definition) is 2. The lowest BCUT2D eigenvalue weighted by molar-refractivity contribution is 0.0520. The van der Waals surface area contributed by atoms with Gasteiger partial charge in [0, 0.05) is 16.6 Å². The zero-order valence-electron chi connectivity index (χ0n) is 9.33. The monoisotopic (exact) mass is 218 g/mol. The van der Waals surface area contributed by atoms with Crippen molar-refractivity contribution in [1.29, 1.82) is 0 Å². The van der Waals surface area contributed by atoms with Crippen LogP contribution in [-0.4, -0.2) is 17.6 Å². The zero-order chi connectivity index (χ0) is 11.7. The summed E-state index contributed by atoms with van der Waals surface area (Å²) in [7, 11) is 0. The standard InChI is InChI=1S/C12H14N2O2/c1-3-16-12(15)11-5-8-4-7(2)9(13)6-10(8)14-11/h4-6,14H,3,13H2,1-2H3. The number of H-pyrrole nitrogens is 1. The van der Waals surface area contributed by atoms with Gasteiger partial charge in [0.25, 0.3) is 0 Å². The van der Waals surface area contributed by atoms with Crippen molar-refractivity contribution in [2.75, 3.05) is 12.3 Å². The molecule has 2 aromatic rings. The Balaban J connectivity index is 2.48. The molecule has 4 heteroatoms. The number of nitrogens with two attached hydrogens (primary N) is 1. The predicted octanol–water partition coefficient (Wildman–Crippen LogP) is 2.24. The van der Waals surface area contributed by atoms with Gasteiger partial charge in [-0.1, -0.05) is 0 Å². The molecule has 0 amide bonds. The normalized spacial score (nSPS) is 10.6. The Morgan fingerprint density at radius 2 is 2.19 bits per heavy atom. The quantitative estimate of drug-likeness (QED) is 0.600. The largest absolute Gasteiger partial charge is 0.461 e. The van der Waals surface area contributed by atoms with Crippen LogP contribution in [0.3, 0.4) is 0 Å². The van der Waals surface area contributed by atoms with Crippen LogP contribution < -0.4 is 5.73 Å². The summed E-state index contributed by atoms with van der Waals surface area (Å²) >= 11 is 0. The van der Waals surface area contributed by atoms with E-state index in [4.69, 9.17) is 10.5 Å². The number of aryl methyl sites for hydroxylation is 1. The summed E-state index contributed by atoms with van der Waals surface area (Å²) in [6.45, 7) is 4.09. The van der Waals surface area contributed by atoms with Crippen molar-refractivity contribution in [3.05, 3.63) is 29.5 Å². The molecule has 0 spiro atoms. The van der Waals surface area contributed by atoms with E-state index in [1.165, 1.54) is 0 Å². The molecule has 1 heterocycles. The lowest BCUT2D eigenvalue weighted by atomic mass is 10.1. The number of benzene rings is 1. The maximum Gasteiger partial charge on any atom is 0.354 e. The smallest absolute Gasteiger partial charge is 0.354 e. The first-order valence-corrected chi connectivity index (χ1v) is 5.17. The van der Waals surface area contributed by atoms with Crippen LogP contribution in [0.25, 0.3) is 10.9 Å². The third-order valence-corrected chi connectivity index (χ3v) is 2.50. The summed E-state index contributed by atoms with van der Waals surface area (Å²) < 4.78 is 4.92. The Morgan fingerprint density at radius 1 is 1.44 bits per heavy atom. The molecule has 0 bridgehead atoms. The van der Waals surface area contributed by atoms with Gasteiger partial charge in [0.1, 0.15) is 5.69 Å². The van der Waals surface area contributed by atoms with Crippen molar-refractivity contribution < 1.29 is 9.53 Å². The molecule has 0 radical (unpaired) electrons. The Kier molecular flexibility index (Phi) is 2.56. The second-order valence-corrected chi connectivity index (χ2v) is 3.70. The van der Waals surface area contributed by atoms with Crippen LogP contribution in [0.1, 0.15) is 23.0 Å². The van der Waals surface area contributed by atoms with Crippen LogP contribution in [0.2, 0.25) is 0 Å². The first kappa shape index (κ1) is 10.5. The molecule has 3 N–H and O–H groups in total. The van der Waals surface area contributed by atoms with Crippen LogP contribution in [-0.2, 0) is 4.74 Å². The number of anilines is 1. The highest BCUT2D eigenvalue weighted by atomic mass is 16.5. The fraction of sp³-hybridized carbons (Fsp3) is 0.250. The van der Waals surface area contributed by atoms with Crippen molar-refractivity contribution in [3.63, 3.8) is 0 Å². The van der Waals surface area contributed by atoms with E-state index in [2.05, 4.69) is 4.98 Å². The second kappa shape index (κ2) is 3.89. The van der Waals surface area contributed by atoms with Crippen LogP contribution in [0.15, 0.2) is 18.2 Å². The molecule has 1 aromatic heterocycles. The van der Waals surface area contributed by atoms with Gasteiger partial charge in [-0.3, -0.25) is 0 Å². The van der Waals surface area contributed by atoms with Crippen LogP contribution in [0, 0.1) is 6.92 Å². The summed E-state index contributed by atoms with van der Waals surface area (Å²) in [5.41, 5.74) is 8.82. The van der Waals surface area contributed by atoms with Crippen molar-refractivity contribution in [2.45, 2.75) is 13.8 Å². The molecule has 0 saturated heterocycles. The van der Waals surface area contributed by atoms with E-state index in [-0.39, 0.29) is 5.97 Å². The number of ether oxygens (including phenoxy) is 1. The average molecular weight is 218 g/mol. The molecule has 1 aromatic carbocycles. The zero-order valence-corrected chi connectivity index (χ0v) is 9.33. The number of aromatic nitrogens is 1. The molecule has 0 atom stereocenters. The summed E-state index contributed by atoms with van der Waals surface area (Å²) in [4.78, 5) is 14.5. The van der Waals surface area contributed by atoms with E-state index in [1.54, 1.807) is 13.0 Å². The van der Waals surface area contributed by atoms with Crippen LogP contribution in [0.5, 0.6) is 0 Å². The molecule has 0 aliphatic rings. The van der Waals surface area contributed by atoms with Gasteiger partial charge in [0.05, 0.1) is 6.61 Å². The summed E-state index contributed by atoms with van der Waals surface area (Å²) in [5, 5.41) is 0.967. The maximum atomic E-state index is 11.5. The van der Waals surface area contributed by atoms with Gasteiger partial charge < -0.3 is 15.5 Å². The minimum absolute atomic E-state index is 0.338. The maximum absolute atomic E-state index is 11.5. The minimum atomic E-state index is -0.338. The SMILES string of the molecule is CCOC(=O)c1cc2cc(C)c(N)cc2[nH]1. The molecular formula is C12H14N2O2. The third kappa shape index (κ3) is 1.74. The van der Waals surface area contributed by atoms with Gasteiger partial charge >= 0.3 is 5.97 Å². The van der Waals surface area contributed by atoms with Gasteiger partial charge in [-0.05, 0) is 37.6 Å². The molecule has 2 rings (SSSR count). The molecule has 4 nitrogen and oxygen atoms in total. The van der Waals surface area contributed by atoms with Crippen molar-refractivity contribution in [1.82, 2.24) is 4.98 Å². The molecule has 0 saturated carbocycles. The number of esters is 1. The molecule has 0 aliphatic carbocycles. The van der Waals surface area contributed by atoms with E-state index in [0.29, 0.717) is 18.0 Å². The fourth-order valence-electron chi connectivity index (χ4n) is 1.63. The lowest BCUT2D eigenvalue weighted by Gasteiger charge is -1.98. The Hall–Kier alpha value is -1.97. The van der Waals surface area contributed by atoms with E-state index in [0.717, 1.165) is 16.5 Å². The summed E-state index contributed by atoms with van der Waals surface area (Å²) in [6, 6.07) is 5.55. The molecule has 84 valence electrons. The Morgan fingerprint density at radius 3 is 2.88 bits per heavy atom. The average Bonchev–Trinajstić information content (AvgIpc) is 2.62. The van der Waals surface area contributed by atoms with Crippen molar-refractivity contribution in [2.24, 2.45) is 0 Å². The van der Waals surface area contributed by atoms with Gasteiger partial charge in [-0.25, -0.2) is 4.79 Å². The van der Waals surface area contributed by atoms with Crippen molar-refractivity contribution in [3.8, 4) is 0 Å². The predicted molar refractivity (Wildman–Crippen MR) is 63.4 cm³/mol. The third-order valence-electron chi connectivity index (χ3n) is 2.50. The fourth-order valence-corrected chi connectivity index (χ4v) is 1.63. The first-order valence-electron chi connectivity index (χ1n) is 5.17. The number of nitrogens with one attached hydrogen (secondary N) is 1. The second-order valence-electron chi connectivity index (χ2n) is 3.70. The Labute approximate surface area is 93.4 Å². The van der Waals surface area contributed by atoms with Crippen molar-refractivity contribution >= 4 is 22.6 Å². The van der Waals surface area contributed by atoms with Gasteiger partial charge in [-0.2, -0.15) is 0 Å². The van der Waals surface area contributed by atoms with E-state index >= 15 is 0 Å². The number of hydrogen-bond acceptors (Lipinski definition) is 3. The molecule has 0 unspecified atom stereocenters. The topological polar surface area (TPSA) is 68.1 Å². The van der Waals surface area contributed by atoms with E-state index < -0.39 is 0 Å². The highest BCUT2D eigenvalue weighted by Crippen LogP contribution is 2.22. The minimum Gasteiger partial charge on any atom is -0.461 e. The molecule has 16 heavy (non-hydrogen) atoms. The van der Waals surface area contributed by atoms with Crippen LogP contribution in [0.4, 0.5) is 5.69 Å². The number of carbonyl (C=O) groups excluding carboxylic acids is 1. The number of fused-ring (bicyclic) bond motifs is 1. The van der Waals surface area contributed by atoms with E-state index in [1.807, 2.05) is 19.1 Å². The molecule has 0 fully saturated rings.